The van der Waals surface area contributed by atoms with Crippen LogP contribution >= 0.6 is 0 Å². The second-order valence-corrected chi connectivity index (χ2v) is 8.61. The van der Waals surface area contributed by atoms with Gasteiger partial charge in [-0.3, -0.25) is 9.59 Å². The molecule has 0 saturated heterocycles. The monoisotopic (exact) mass is 359 g/mol. The molecule has 4 aliphatic carbocycles. The molecule has 140 valence electrons. The first-order valence-electron chi connectivity index (χ1n) is 9.65. The maximum absolute atomic E-state index is 13.0. The highest BCUT2D eigenvalue weighted by Crippen LogP contribution is 2.60. The SMILES string of the molecule is C[C@H](NC(=O)COC(=O)C12CC3CC(CC(C3)C1)C2)c1ccc(F)cc1. The van der Waals surface area contributed by atoms with Gasteiger partial charge in [-0.2, -0.15) is 0 Å². The van der Waals surface area contributed by atoms with Crippen LogP contribution in [-0.4, -0.2) is 18.5 Å². The van der Waals surface area contributed by atoms with Crippen molar-refractivity contribution in [3.8, 4) is 0 Å². The minimum Gasteiger partial charge on any atom is -0.455 e. The van der Waals surface area contributed by atoms with Crippen LogP contribution in [0.2, 0.25) is 0 Å². The van der Waals surface area contributed by atoms with E-state index in [4.69, 9.17) is 4.74 Å². The average Bonchev–Trinajstić information content (AvgIpc) is 2.59. The largest absolute Gasteiger partial charge is 0.455 e. The summed E-state index contributed by atoms with van der Waals surface area (Å²) in [7, 11) is 0. The molecule has 0 spiro atoms. The Kier molecular flexibility index (Phi) is 4.49. The quantitative estimate of drug-likeness (QED) is 0.815. The molecule has 4 nitrogen and oxygen atoms in total. The van der Waals surface area contributed by atoms with Crippen molar-refractivity contribution in [3.63, 3.8) is 0 Å². The summed E-state index contributed by atoms with van der Waals surface area (Å²) in [6.45, 7) is 1.58. The van der Waals surface area contributed by atoms with Crippen LogP contribution < -0.4 is 5.32 Å². The van der Waals surface area contributed by atoms with Crippen LogP contribution in [0, 0.1) is 29.0 Å². The van der Waals surface area contributed by atoms with E-state index in [1.807, 2.05) is 6.92 Å². The van der Waals surface area contributed by atoms with Gasteiger partial charge in [0.25, 0.3) is 5.91 Å². The molecule has 0 aromatic heterocycles. The van der Waals surface area contributed by atoms with Crippen molar-refractivity contribution < 1.29 is 18.7 Å². The summed E-state index contributed by atoms with van der Waals surface area (Å²) in [6, 6.07) is 5.75. The molecule has 1 N–H and O–H groups in total. The summed E-state index contributed by atoms with van der Waals surface area (Å²) in [4.78, 5) is 24.9. The first-order valence-corrected chi connectivity index (χ1v) is 9.65. The molecule has 4 saturated carbocycles. The number of amides is 1. The maximum atomic E-state index is 13.0. The topological polar surface area (TPSA) is 55.4 Å². The molecule has 1 amide bonds. The summed E-state index contributed by atoms with van der Waals surface area (Å²) in [6.07, 6.45) is 6.61. The van der Waals surface area contributed by atoms with Crippen LogP contribution in [-0.2, 0) is 14.3 Å². The fraction of sp³-hybridized carbons (Fsp3) is 0.619. The lowest BCUT2D eigenvalue weighted by Crippen LogP contribution is -2.51. The summed E-state index contributed by atoms with van der Waals surface area (Å²) < 4.78 is 18.4. The zero-order valence-corrected chi connectivity index (χ0v) is 15.2. The Labute approximate surface area is 153 Å². The van der Waals surface area contributed by atoms with Gasteiger partial charge in [-0.15, -0.1) is 0 Å². The van der Waals surface area contributed by atoms with E-state index < -0.39 is 0 Å². The van der Waals surface area contributed by atoms with Gasteiger partial charge in [-0.1, -0.05) is 12.1 Å². The minimum absolute atomic E-state index is 0.179. The Hall–Kier alpha value is -1.91. The van der Waals surface area contributed by atoms with Crippen LogP contribution in [0.15, 0.2) is 24.3 Å². The molecule has 0 unspecified atom stereocenters. The summed E-state index contributed by atoms with van der Waals surface area (Å²) in [5, 5.41) is 2.81. The number of carbonyl (C=O) groups is 2. The zero-order chi connectivity index (χ0) is 18.3. The maximum Gasteiger partial charge on any atom is 0.312 e. The summed E-state index contributed by atoms with van der Waals surface area (Å²) in [5.41, 5.74) is 0.476. The molecule has 4 aliphatic rings. The van der Waals surface area contributed by atoms with E-state index in [1.54, 1.807) is 12.1 Å². The van der Waals surface area contributed by atoms with Gasteiger partial charge in [0.15, 0.2) is 6.61 Å². The molecule has 1 aromatic carbocycles. The number of hydrogen-bond acceptors (Lipinski definition) is 3. The second kappa shape index (κ2) is 6.67. The van der Waals surface area contributed by atoms with Crippen LogP contribution in [0.5, 0.6) is 0 Å². The van der Waals surface area contributed by atoms with Crippen molar-refractivity contribution in [2.75, 3.05) is 6.61 Å². The van der Waals surface area contributed by atoms with Crippen molar-refractivity contribution in [2.24, 2.45) is 23.2 Å². The number of esters is 1. The van der Waals surface area contributed by atoms with Crippen LogP contribution in [0.1, 0.15) is 57.1 Å². The van der Waals surface area contributed by atoms with E-state index in [9.17, 15) is 14.0 Å². The molecule has 1 aromatic rings. The lowest BCUT2D eigenvalue weighted by atomic mass is 9.49. The molecule has 0 aliphatic heterocycles. The standard InChI is InChI=1S/C21H26FNO3/c1-13(17-2-4-18(22)5-3-17)23-19(24)12-26-20(25)21-9-14-6-15(10-21)8-16(7-14)11-21/h2-5,13-16H,6-12H2,1H3,(H,23,24)/t13-,14?,15?,16?,21?/m0/s1. The van der Waals surface area contributed by atoms with Gasteiger partial charge in [-0.05, 0) is 80.9 Å². The fourth-order valence-electron chi connectivity index (χ4n) is 5.76. The van der Waals surface area contributed by atoms with E-state index in [-0.39, 0.29) is 35.8 Å². The van der Waals surface area contributed by atoms with Crippen molar-refractivity contribution in [1.82, 2.24) is 5.32 Å². The number of rotatable bonds is 5. The average molecular weight is 359 g/mol. The normalized spacial score (nSPS) is 32.9. The molecule has 0 heterocycles. The molecule has 5 rings (SSSR count). The Bertz CT molecular complexity index is 664. The molecule has 0 radical (unpaired) electrons. The van der Waals surface area contributed by atoms with Crippen molar-refractivity contribution in [1.29, 1.82) is 0 Å². The Balaban J connectivity index is 1.30. The second-order valence-electron chi connectivity index (χ2n) is 8.61. The molecule has 26 heavy (non-hydrogen) atoms. The molecular formula is C21H26FNO3. The number of benzene rings is 1. The van der Waals surface area contributed by atoms with Gasteiger partial charge >= 0.3 is 5.97 Å². The lowest BCUT2D eigenvalue weighted by molar-refractivity contribution is -0.173. The van der Waals surface area contributed by atoms with Crippen molar-refractivity contribution in [2.45, 2.75) is 51.5 Å². The van der Waals surface area contributed by atoms with Gasteiger partial charge in [0.05, 0.1) is 11.5 Å². The summed E-state index contributed by atoms with van der Waals surface area (Å²) >= 11 is 0. The first kappa shape index (κ1) is 17.5. The molecule has 5 heteroatoms. The third kappa shape index (κ3) is 3.36. The Morgan fingerprint density at radius 1 is 1.12 bits per heavy atom. The number of carbonyl (C=O) groups excluding carboxylic acids is 2. The number of nitrogens with one attached hydrogen (secondary N) is 1. The van der Waals surface area contributed by atoms with Gasteiger partial charge < -0.3 is 10.1 Å². The molecular weight excluding hydrogens is 333 g/mol. The van der Waals surface area contributed by atoms with Crippen LogP contribution in [0.3, 0.4) is 0 Å². The van der Waals surface area contributed by atoms with Crippen LogP contribution in [0.4, 0.5) is 4.39 Å². The number of halogens is 1. The van der Waals surface area contributed by atoms with E-state index in [2.05, 4.69) is 5.32 Å². The van der Waals surface area contributed by atoms with Gasteiger partial charge in [-0.25, -0.2) is 4.39 Å². The van der Waals surface area contributed by atoms with Gasteiger partial charge in [0.1, 0.15) is 5.82 Å². The molecule has 4 fully saturated rings. The predicted molar refractivity (Wildman–Crippen MR) is 94.5 cm³/mol. The van der Waals surface area contributed by atoms with E-state index in [0.29, 0.717) is 17.8 Å². The van der Waals surface area contributed by atoms with Crippen LogP contribution in [0.25, 0.3) is 0 Å². The molecule has 1 atom stereocenters. The van der Waals surface area contributed by atoms with Gasteiger partial charge in [0.2, 0.25) is 0 Å². The third-order valence-corrected chi connectivity index (χ3v) is 6.55. The van der Waals surface area contributed by atoms with E-state index >= 15 is 0 Å². The highest BCUT2D eigenvalue weighted by atomic mass is 19.1. The number of hydrogen-bond donors (Lipinski definition) is 1. The van der Waals surface area contributed by atoms with E-state index in [0.717, 1.165) is 24.8 Å². The Morgan fingerprint density at radius 3 is 2.19 bits per heavy atom. The predicted octanol–water partition coefficient (Wildman–Crippen LogP) is 3.76. The minimum atomic E-state index is -0.336. The zero-order valence-electron chi connectivity index (χ0n) is 15.2. The fourth-order valence-corrected chi connectivity index (χ4v) is 5.76. The smallest absolute Gasteiger partial charge is 0.312 e. The first-order chi connectivity index (χ1) is 12.4. The van der Waals surface area contributed by atoms with Gasteiger partial charge in [0, 0.05) is 0 Å². The summed E-state index contributed by atoms with van der Waals surface area (Å²) in [5.74, 6) is 1.20. The highest BCUT2D eigenvalue weighted by molar-refractivity contribution is 5.83. The van der Waals surface area contributed by atoms with E-state index in [1.165, 1.54) is 31.4 Å². The van der Waals surface area contributed by atoms with Crippen molar-refractivity contribution >= 4 is 11.9 Å². The van der Waals surface area contributed by atoms with Crippen molar-refractivity contribution in [3.05, 3.63) is 35.6 Å². The molecule has 4 bridgehead atoms. The number of ether oxygens (including phenoxy) is 1. The Morgan fingerprint density at radius 2 is 1.65 bits per heavy atom. The third-order valence-electron chi connectivity index (χ3n) is 6.55. The highest BCUT2D eigenvalue weighted by Gasteiger charge is 2.55. The lowest BCUT2D eigenvalue weighted by Gasteiger charge is -2.55.